The summed E-state index contributed by atoms with van der Waals surface area (Å²) >= 11 is 0. The van der Waals surface area contributed by atoms with Crippen LogP contribution in [0.5, 0.6) is 0 Å². The van der Waals surface area contributed by atoms with Crippen molar-refractivity contribution in [1.29, 1.82) is 0 Å². The van der Waals surface area contributed by atoms with Gasteiger partial charge in [-0.3, -0.25) is 4.99 Å². The Balaban J connectivity index is 0.00000392. The van der Waals surface area contributed by atoms with Crippen LogP contribution in [0.3, 0.4) is 0 Å². The first-order valence-electron chi connectivity index (χ1n) is 10.6. The maximum atomic E-state index is 5.62. The van der Waals surface area contributed by atoms with E-state index in [4.69, 9.17) is 14.3 Å². The van der Waals surface area contributed by atoms with Crippen LogP contribution in [-0.2, 0) is 11.2 Å². The largest absolute Gasteiger partial charge is 0.382 e. The van der Waals surface area contributed by atoms with Crippen LogP contribution < -0.4 is 10.6 Å². The van der Waals surface area contributed by atoms with Gasteiger partial charge >= 0.3 is 0 Å². The second-order valence-corrected chi connectivity index (χ2v) is 7.68. The van der Waals surface area contributed by atoms with Crippen molar-refractivity contribution >= 4 is 29.9 Å². The number of rotatable bonds is 11. The van der Waals surface area contributed by atoms with Crippen molar-refractivity contribution < 1.29 is 9.26 Å². The molecule has 0 atom stereocenters. The molecule has 0 spiro atoms. The summed E-state index contributed by atoms with van der Waals surface area (Å²) in [6.45, 7) is 12.5. The van der Waals surface area contributed by atoms with E-state index in [0.29, 0.717) is 5.41 Å². The molecule has 1 fully saturated rings. The van der Waals surface area contributed by atoms with Crippen LogP contribution in [0.1, 0.15) is 69.4 Å². The highest BCUT2D eigenvalue weighted by Gasteiger charge is 2.33. The summed E-state index contributed by atoms with van der Waals surface area (Å²) in [6, 6.07) is 0. The summed E-state index contributed by atoms with van der Waals surface area (Å²) < 4.78 is 10.9. The molecule has 162 valence electrons. The number of ether oxygens (including phenoxy) is 1. The summed E-state index contributed by atoms with van der Waals surface area (Å²) in [6.07, 6.45) is 8.32. The third-order valence-corrected chi connectivity index (χ3v) is 5.64. The monoisotopic (exact) mass is 506 g/mol. The quantitative estimate of drug-likeness (QED) is 0.202. The zero-order valence-electron chi connectivity index (χ0n) is 18.1. The number of aliphatic imine (C=N–C) groups is 1. The standard InChI is InChI=1S/C21H38N4O2.HI/c1-5-22-20(23-14-9-10-19-17(3)25-27-18(19)4)24-16-21(11-7-8-12-21)13-15-26-6-2;/h5-16H2,1-4H3,(H2,22,23,24);1H. The zero-order valence-corrected chi connectivity index (χ0v) is 20.4. The van der Waals surface area contributed by atoms with Crippen LogP contribution in [-0.4, -0.2) is 44.0 Å². The van der Waals surface area contributed by atoms with Gasteiger partial charge in [0.15, 0.2) is 5.96 Å². The van der Waals surface area contributed by atoms with Gasteiger partial charge in [0.2, 0.25) is 0 Å². The van der Waals surface area contributed by atoms with Crippen molar-refractivity contribution in [3.8, 4) is 0 Å². The molecule has 0 saturated heterocycles. The molecule has 7 heteroatoms. The SMILES string of the molecule is CCNC(=NCC1(CCOCC)CCCC1)NCCCc1c(C)noc1C.I. The molecule has 6 nitrogen and oxygen atoms in total. The van der Waals surface area contributed by atoms with Gasteiger partial charge < -0.3 is 19.9 Å². The van der Waals surface area contributed by atoms with Crippen molar-refractivity contribution in [2.45, 2.75) is 72.6 Å². The number of hydrogen-bond donors (Lipinski definition) is 2. The molecule has 1 aliphatic carbocycles. The highest BCUT2D eigenvalue weighted by Crippen LogP contribution is 2.41. The molecule has 0 amide bonds. The van der Waals surface area contributed by atoms with Crippen molar-refractivity contribution in [2.24, 2.45) is 10.4 Å². The first-order chi connectivity index (χ1) is 13.1. The van der Waals surface area contributed by atoms with E-state index in [0.717, 1.165) is 69.5 Å². The van der Waals surface area contributed by atoms with E-state index in [2.05, 4.69) is 29.6 Å². The minimum absolute atomic E-state index is 0. The molecule has 0 radical (unpaired) electrons. The number of halogens is 1. The minimum atomic E-state index is 0. The number of guanidine groups is 1. The Bertz CT molecular complexity index is 563. The van der Waals surface area contributed by atoms with Crippen LogP contribution in [0.4, 0.5) is 0 Å². The Morgan fingerprint density at radius 3 is 2.57 bits per heavy atom. The lowest BCUT2D eigenvalue weighted by molar-refractivity contribution is 0.107. The average molecular weight is 506 g/mol. The molecular formula is C21H39IN4O2. The first kappa shape index (κ1) is 25.2. The van der Waals surface area contributed by atoms with E-state index in [1.54, 1.807) is 0 Å². The zero-order chi connectivity index (χ0) is 19.5. The topological polar surface area (TPSA) is 71.7 Å². The number of nitrogens with one attached hydrogen (secondary N) is 2. The Hall–Kier alpha value is -0.830. The Morgan fingerprint density at radius 1 is 1.21 bits per heavy atom. The fourth-order valence-corrected chi connectivity index (χ4v) is 3.96. The lowest BCUT2D eigenvalue weighted by Gasteiger charge is -2.27. The van der Waals surface area contributed by atoms with Gasteiger partial charge in [0.05, 0.1) is 5.69 Å². The first-order valence-corrected chi connectivity index (χ1v) is 10.6. The van der Waals surface area contributed by atoms with Crippen LogP contribution in [0.2, 0.25) is 0 Å². The van der Waals surface area contributed by atoms with E-state index < -0.39 is 0 Å². The van der Waals surface area contributed by atoms with Gasteiger partial charge in [0, 0.05) is 38.4 Å². The molecule has 0 aliphatic heterocycles. The van der Waals surface area contributed by atoms with Crippen molar-refractivity contribution in [1.82, 2.24) is 15.8 Å². The van der Waals surface area contributed by atoms with E-state index in [9.17, 15) is 0 Å². The van der Waals surface area contributed by atoms with Crippen LogP contribution >= 0.6 is 24.0 Å². The predicted octanol–water partition coefficient (Wildman–Crippen LogP) is 4.38. The molecule has 2 rings (SSSR count). The van der Waals surface area contributed by atoms with Gasteiger partial charge in [0.1, 0.15) is 5.76 Å². The van der Waals surface area contributed by atoms with Gasteiger partial charge in [-0.2, -0.15) is 0 Å². The minimum Gasteiger partial charge on any atom is -0.382 e. The maximum absolute atomic E-state index is 5.62. The lowest BCUT2D eigenvalue weighted by Crippen LogP contribution is -2.39. The smallest absolute Gasteiger partial charge is 0.191 e. The Kier molecular flexibility index (Phi) is 12.1. The van der Waals surface area contributed by atoms with E-state index >= 15 is 0 Å². The molecule has 28 heavy (non-hydrogen) atoms. The summed E-state index contributed by atoms with van der Waals surface area (Å²) in [5, 5.41) is 10.9. The lowest BCUT2D eigenvalue weighted by atomic mass is 9.83. The van der Waals surface area contributed by atoms with Crippen LogP contribution in [0.15, 0.2) is 9.52 Å². The molecule has 2 N–H and O–H groups in total. The van der Waals surface area contributed by atoms with Gasteiger partial charge in [-0.1, -0.05) is 18.0 Å². The van der Waals surface area contributed by atoms with Crippen molar-refractivity contribution in [2.75, 3.05) is 32.8 Å². The molecule has 1 aliphatic rings. The molecule has 1 heterocycles. The van der Waals surface area contributed by atoms with E-state index in [-0.39, 0.29) is 24.0 Å². The highest BCUT2D eigenvalue weighted by molar-refractivity contribution is 14.0. The van der Waals surface area contributed by atoms with Crippen LogP contribution in [0.25, 0.3) is 0 Å². The number of nitrogens with zero attached hydrogens (tertiary/aromatic N) is 2. The van der Waals surface area contributed by atoms with Gasteiger partial charge in [-0.05, 0) is 65.2 Å². The van der Waals surface area contributed by atoms with Gasteiger partial charge in [-0.25, -0.2) is 0 Å². The van der Waals surface area contributed by atoms with Crippen LogP contribution in [0, 0.1) is 19.3 Å². The Morgan fingerprint density at radius 2 is 1.96 bits per heavy atom. The summed E-state index contributed by atoms with van der Waals surface area (Å²) in [7, 11) is 0. The molecule has 0 bridgehead atoms. The molecule has 1 aromatic rings. The van der Waals surface area contributed by atoms with Gasteiger partial charge in [-0.15, -0.1) is 24.0 Å². The van der Waals surface area contributed by atoms with E-state index in [1.807, 2.05) is 13.8 Å². The maximum Gasteiger partial charge on any atom is 0.191 e. The predicted molar refractivity (Wildman–Crippen MR) is 126 cm³/mol. The Labute approximate surface area is 187 Å². The fourth-order valence-electron chi connectivity index (χ4n) is 3.96. The number of aryl methyl sites for hydroxylation is 2. The number of aromatic nitrogens is 1. The molecule has 0 aromatic carbocycles. The summed E-state index contributed by atoms with van der Waals surface area (Å²) in [4.78, 5) is 4.92. The molecular weight excluding hydrogens is 467 g/mol. The van der Waals surface area contributed by atoms with Gasteiger partial charge in [0.25, 0.3) is 0 Å². The number of hydrogen-bond acceptors (Lipinski definition) is 4. The molecule has 0 unspecified atom stereocenters. The fraction of sp³-hybridized carbons (Fsp3) is 0.810. The highest BCUT2D eigenvalue weighted by atomic mass is 127. The van der Waals surface area contributed by atoms with Crippen molar-refractivity contribution in [3.63, 3.8) is 0 Å². The molecule has 1 saturated carbocycles. The van der Waals surface area contributed by atoms with Crippen molar-refractivity contribution in [3.05, 3.63) is 17.0 Å². The average Bonchev–Trinajstić information content (AvgIpc) is 3.25. The van der Waals surface area contributed by atoms with E-state index in [1.165, 1.54) is 31.2 Å². The molecule has 1 aromatic heterocycles. The second kappa shape index (κ2) is 13.4. The third kappa shape index (κ3) is 7.89. The normalized spacial score (nSPS) is 16.1. The summed E-state index contributed by atoms with van der Waals surface area (Å²) in [5.74, 6) is 1.87. The third-order valence-electron chi connectivity index (χ3n) is 5.64. The second-order valence-electron chi connectivity index (χ2n) is 7.68. The summed E-state index contributed by atoms with van der Waals surface area (Å²) in [5.41, 5.74) is 2.57.